The number of nitrogens with zero attached hydrogens (tertiary/aromatic N) is 6. The second kappa shape index (κ2) is 9.75. The van der Waals surface area contributed by atoms with Crippen molar-refractivity contribution in [2.24, 2.45) is 0 Å². The van der Waals surface area contributed by atoms with E-state index < -0.39 is 0 Å². The first-order valence-electron chi connectivity index (χ1n) is 12.5. The number of halogens is 1. The van der Waals surface area contributed by atoms with Gasteiger partial charge in [-0.1, -0.05) is 17.7 Å². The van der Waals surface area contributed by atoms with Crippen LogP contribution in [-0.4, -0.2) is 48.0 Å². The lowest BCUT2D eigenvalue weighted by molar-refractivity contribution is 0.141. The summed E-state index contributed by atoms with van der Waals surface area (Å²) in [6.45, 7) is 10.7. The van der Waals surface area contributed by atoms with Crippen molar-refractivity contribution in [2.45, 2.75) is 64.6 Å². The highest BCUT2D eigenvalue weighted by Gasteiger charge is 2.29. The molecule has 5 rings (SSSR count). The normalized spacial score (nSPS) is 18.3. The van der Waals surface area contributed by atoms with Crippen LogP contribution in [0.4, 0.5) is 5.82 Å². The molecule has 4 aromatic rings. The Labute approximate surface area is 215 Å². The fourth-order valence-corrected chi connectivity index (χ4v) is 5.40. The number of hydrogen-bond donors (Lipinski definition) is 1. The van der Waals surface area contributed by atoms with Crippen LogP contribution in [0, 0.1) is 0 Å². The summed E-state index contributed by atoms with van der Waals surface area (Å²) < 4.78 is 1.88. The zero-order chi connectivity index (χ0) is 25.4. The number of likely N-dealkylation sites (tertiary alicyclic amines) is 1. The molecule has 1 aromatic carbocycles. The van der Waals surface area contributed by atoms with Gasteiger partial charge in [-0.2, -0.15) is 0 Å². The summed E-state index contributed by atoms with van der Waals surface area (Å²) in [6, 6.07) is 8.91. The smallest absolute Gasteiger partial charge is 0.263 e. The molecule has 4 heterocycles. The van der Waals surface area contributed by atoms with E-state index in [2.05, 4.69) is 45.9 Å². The van der Waals surface area contributed by atoms with Gasteiger partial charge in [0, 0.05) is 24.3 Å². The number of benzene rings is 1. The molecule has 9 heteroatoms. The molecule has 0 bridgehead atoms. The first kappa shape index (κ1) is 24.6. The average molecular weight is 506 g/mol. The lowest BCUT2D eigenvalue weighted by Gasteiger charge is -2.34. The Kier molecular flexibility index (Phi) is 6.66. The zero-order valence-electron chi connectivity index (χ0n) is 21.2. The second-order valence-corrected chi connectivity index (χ2v) is 10.9. The van der Waals surface area contributed by atoms with Crippen molar-refractivity contribution in [2.75, 3.05) is 18.4 Å². The van der Waals surface area contributed by atoms with Gasteiger partial charge in [0.1, 0.15) is 17.7 Å². The number of pyridine rings is 1. The third kappa shape index (κ3) is 4.67. The first-order chi connectivity index (χ1) is 17.2. The molecule has 188 valence electrons. The van der Waals surface area contributed by atoms with E-state index >= 15 is 0 Å². The summed E-state index contributed by atoms with van der Waals surface area (Å²) in [7, 11) is 0. The zero-order valence-corrected chi connectivity index (χ0v) is 22.0. The van der Waals surface area contributed by atoms with Crippen molar-refractivity contribution >= 4 is 39.4 Å². The third-order valence-corrected chi connectivity index (χ3v) is 7.37. The quantitative estimate of drug-likeness (QED) is 0.398. The molecule has 1 aliphatic rings. The Balaban J connectivity index is 1.59. The van der Waals surface area contributed by atoms with Crippen molar-refractivity contribution in [3.8, 4) is 0 Å². The molecule has 0 radical (unpaired) electrons. The highest BCUT2D eigenvalue weighted by atomic mass is 35.5. The minimum absolute atomic E-state index is 0.0255. The van der Waals surface area contributed by atoms with Gasteiger partial charge in [0.25, 0.3) is 5.56 Å². The molecule has 3 aromatic heterocycles. The van der Waals surface area contributed by atoms with E-state index in [1.807, 2.05) is 35.8 Å². The van der Waals surface area contributed by atoms with Gasteiger partial charge in [0.15, 0.2) is 5.82 Å². The summed E-state index contributed by atoms with van der Waals surface area (Å²) >= 11 is 6.51. The molecule has 36 heavy (non-hydrogen) atoms. The van der Waals surface area contributed by atoms with Crippen molar-refractivity contribution < 1.29 is 0 Å². The van der Waals surface area contributed by atoms with Gasteiger partial charge in [0.05, 0.1) is 27.5 Å². The van der Waals surface area contributed by atoms with Gasteiger partial charge in [-0.25, -0.2) is 15.0 Å². The largest absolute Gasteiger partial charge is 0.358 e. The molecule has 0 spiro atoms. The SMILES string of the molecule is C[C@H](Nc1ncnc2cccnc12)c1nc2cccc(Cl)c2c(=O)n1C1CCCN(C(C)(C)C)CC1. The highest BCUT2D eigenvalue weighted by molar-refractivity contribution is 6.35. The molecule has 1 saturated heterocycles. The highest BCUT2D eigenvalue weighted by Crippen LogP contribution is 2.31. The number of anilines is 1. The van der Waals surface area contributed by atoms with Gasteiger partial charge in [-0.15, -0.1) is 0 Å². The van der Waals surface area contributed by atoms with Crippen molar-refractivity contribution in [1.82, 2.24) is 29.4 Å². The Morgan fingerprint density at radius 3 is 2.67 bits per heavy atom. The molecule has 0 aliphatic carbocycles. The van der Waals surface area contributed by atoms with Crippen LogP contribution in [0.3, 0.4) is 0 Å². The van der Waals surface area contributed by atoms with Crippen molar-refractivity contribution in [3.05, 3.63) is 64.1 Å². The van der Waals surface area contributed by atoms with Crippen LogP contribution < -0.4 is 10.9 Å². The number of nitrogens with one attached hydrogen (secondary N) is 1. The van der Waals surface area contributed by atoms with Crippen LogP contribution in [0.25, 0.3) is 21.9 Å². The Bertz CT molecular complexity index is 1460. The standard InChI is InChI=1S/C27H32ClN7O/c1-17(32-24-23-21(30-16-31-24)11-6-13-29-23)25-33-20-10-5-9-19(28)22(20)26(36)35(25)18-8-7-14-34(15-12-18)27(2,3)4/h5-6,9-11,13,16-18H,7-8,12,14-15H2,1-4H3,(H,30,31,32)/t17-,18?/m0/s1. The molecule has 1 unspecified atom stereocenters. The molecule has 0 saturated carbocycles. The van der Waals surface area contributed by atoms with E-state index in [-0.39, 0.29) is 23.2 Å². The number of fused-ring (bicyclic) bond motifs is 2. The van der Waals surface area contributed by atoms with Crippen molar-refractivity contribution in [3.63, 3.8) is 0 Å². The van der Waals surface area contributed by atoms with Gasteiger partial charge < -0.3 is 5.32 Å². The Hall–Kier alpha value is -3.10. The van der Waals surface area contributed by atoms with E-state index in [1.165, 1.54) is 6.33 Å². The maximum atomic E-state index is 14.0. The fourth-order valence-electron chi connectivity index (χ4n) is 5.15. The maximum absolute atomic E-state index is 14.0. The summed E-state index contributed by atoms with van der Waals surface area (Å²) in [4.78, 5) is 34.7. The Morgan fingerprint density at radius 2 is 1.86 bits per heavy atom. The average Bonchev–Trinajstić information content (AvgIpc) is 3.10. The van der Waals surface area contributed by atoms with E-state index in [0.29, 0.717) is 33.1 Å². The van der Waals surface area contributed by atoms with E-state index in [0.717, 1.165) is 37.9 Å². The predicted octanol–water partition coefficient (Wildman–Crippen LogP) is 5.39. The molecule has 1 N–H and O–H groups in total. The summed E-state index contributed by atoms with van der Waals surface area (Å²) in [6.07, 6.45) is 6.03. The van der Waals surface area contributed by atoms with Crippen LogP contribution in [0.1, 0.15) is 64.9 Å². The second-order valence-electron chi connectivity index (χ2n) is 10.5. The molecule has 1 aliphatic heterocycles. The van der Waals surface area contributed by atoms with E-state index in [4.69, 9.17) is 16.6 Å². The number of aromatic nitrogens is 5. The minimum Gasteiger partial charge on any atom is -0.358 e. The first-order valence-corrected chi connectivity index (χ1v) is 12.9. The van der Waals surface area contributed by atoms with Crippen LogP contribution in [0.15, 0.2) is 47.7 Å². The number of rotatable bonds is 4. The van der Waals surface area contributed by atoms with Crippen LogP contribution >= 0.6 is 11.6 Å². The monoisotopic (exact) mass is 505 g/mol. The van der Waals surface area contributed by atoms with Crippen molar-refractivity contribution in [1.29, 1.82) is 0 Å². The fraction of sp³-hybridized carbons (Fsp3) is 0.444. The van der Waals surface area contributed by atoms with Gasteiger partial charge in [-0.05, 0) is 77.8 Å². The Morgan fingerprint density at radius 1 is 1.06 bits per heavy atom. The molecular formula is C27H32ClN7O. The number of hydrogen-bond acceptors (Lipinski definition) is 7. The van der Waals surface area contributed by atoms with Gasteiger partial charge in [-0.3, -0.25) is 19.2 Å². The van der Waals surface area contributed by atoms with Crippen LogP contribution in [-0.2, 0) is 0 Å². The predicted molar refractivity (Wildman–Crippen MR) is 145 cm³/mol. The van der Waals surface area contributed by atoms with Crippen LogP contribution in [0.2, 0.25) is 5.02 Å². The summed E-state index contributed by atoms with van der Waals surface area (Å²) in [5.41, 5.74) is 2.03. The van der Waals surface area contributed by atoms with Gasteiger partial charge >= 0.3 is 0 Å². The molecule has 2 atom stereocenters. The topological polar surface area (TPSA) is 88.8 Å². The maximum Gasteiger partial charge on any atom is 0.263 e. The third-order valence-electron chi connectivity index (χ3n) is 7.05. The minimum atomic E-state index is -0.303. The lowest BCUT2D eigenvalue weighted by Crippen LogP contribution is -2.42. The lowest BCUT2D eigenvalue weighted by atomic mass is 10.1. The van der Waals surface area contributed by atoms with Gasteiger partial charge in [0.2, 0.25) is 0 Å². The molecule has 1 fully saturated rings. The summed E-state index contributed by atoms with van der Waals surface area (Å²) in [5, 5.41) is 4.36. The molecule has 0 amide bonds. The molecular weight excluding hydrogens is 474 g/mol. The summed E-state index contributed by atoms with van der Waals surface area (Å²) in [5.74, 6) is 1.28. The van der Waals surface area contributed by atoms with E-state index in [1.54, 1.807) is 12.3 Å². The van der Waals surface area contributed by atoms with E-state index in [9.17, 15) is 4.79 Å². The molecule has 8 nitrogen and oxygen atoms in total. The van der Waals surface area contributed by atoms with Crippen LogP contribution in [0.5, 0.6) is 0 Å².